The van der Waals surface area contributed by atoms with Crippen molar-refractivity contribution >= 4 is 22.8 Å². The largest absolute Gasteiger partial charge is 0.480 e. The molecular formula is C11H13ClO4. The van der Waals surface area contributed by atoms with Crippen LogP contribution >= 0.6 is 11.6 Å². The Bertz CT molecular complexity index is 370. The predicted molar refractivity (Wildman–Crippen MR) is 58.8 cm³/mol. The van der Waals surface area contributed by atoms with Crippen LogP contribution in [0, 0.1) is 0 Å². The van der Waals surface area contributed by atoms with E-state index in [9.17, 15) is 9.59 Å². The minimum absolute atomic E-state index is 0.117. The third kappa shape index (κ3) is 2.64. The van der Waals surface area contributed by atoms with Crippen molar-refractivity contribution in [2.75, 3.05) is 6.61 Å². The van der Waals surface area contributed by atoms with E-state index in [1.165, 1.54) is 0 Å². The van der Waals surface area contributed by atoms with Gasteiger partial charge in [0.15, 0.2) is 5.76 Å². The van der Waals surface area contributed by atoms with E-state index in [2.05, 4.69) is 6.58 Å². The van der Waals surface area contributed by atoms with Crippen molar-refractivity contribution in [1.82, 2.24) is 0 Å². The van der Waals surface area contributed by atoms with Gasteiger partial charge in [-0.3, -0.25) is 4.79 Å². The van der Waals surface area contributed by atoms with Crippen LogP contribution in [-0.4, -0.2) is 23.9 Å². The fraction of sp³-hybridized carbons (Fsp3) is 0.455. The Kier molecular flexibility index (Phi) is 4.12. The van der Waals surface area contributed by atoms with Crippen molar-refractivity contribution in [1.29, 1.82) is 0 Å². The van der Waals surface area contributed by atoms with Crippen LogP contribution in [-0.2, 0) is 19.1 Å². The van der Waals surface area contributed by atoms with Crippen molar-refractivity contribution in [2.45, 2.75) is 26.4 Å². The van der Waals surface area contributed by atoms with Crippen LogP contribution in [0.4, 0.5) is 0 Å². The predicted octanol–water partition coefficient (Wildman–Crippen LogP) is 1.93. The number of allylic oxidation sites excluding steroid dienone is 1. The van der Waals surface area contributed by atoms with Crippen molar-refractivity contribution in [3.8, 4) is 0 Å². The van der Waals surface area contributed by atoms with Crippen LogP contribution in [0.1, 0.15) is 20.3 Å². The van der Waals surface area contributed by atoms with Gasteiger partial charge in [-0.15, -0.1) is 0 Å². The summed E-state index contributed by atoms with van der Waals surface area (Å²) in [7, 11) is 0. The zero-order valence-corrected chi connectivity index (χ0v) is 9.97. The molecule has 0 spiro atoms. The highest BCUT2D eigenvalue weighted by Gasteiger charge is 2.34. The van der Waals surface area contributed by atoms with Crippen molar-refractivity contribution < 1.29 is 19.1 Å². The molecule has 0 aliphatic carbocycles. The fourth-order valence-corrected chi connectivity index (χ4v) is 1.53. The molecule has 0 aromatic heterocycles. The highest BCUT2D eigenvalue weighted by atomic mass is 35.5. The minimum atomic E-state index is -0.785. The minimum Gasteiger partial charge on any atom is -0.480 e. The Morgan fingerprint density at radius 2 is 2.25 bits per heavy atom. The Labute approximate surface area is 98.9 Å². The van der Waals surface area contributed by atoms with Crippen LogP contribution < -0.4 is 0 Å². The SMILES string of the molecule is C=C(C)C1CC(C(=O)OCC)=C(C(=O)Cl)O1. The van der Waals surface area contributed by atoms with Gasteiger partial charge in [0.25, 0.3) is 5.24 Å². The van der Waals surface area contributed by atoms with E-state index in [0.717, 1.165) is 5.57 Å². The molecule has 0 fully saturated rings. The normalized spacial score (nSPS) is 19.3. The van der Waals surface area contributed by atoms with Gasteiger partial charge >= 0.3 is 5.97 Å². The van der Waals surface area contributed by atoms with Crippen LogP contribution in [0.3, 0.4) is 0 Å². The highest BCUT2D eigenvalue weighted by Crippen LogP contribution is 2.30. The van der Waals surface area contributed by atoms with E-state index in [1.54, 1.807) is 13.8 Å². The van der Waals surface area contributed by atoms with E-state index in [1.807, 2.05) is 0 Å². The number of hydrogen-bond acceptors (Lipinski definition) is 4. The first-order chi connectivity index (χ1) is 7.47. The molecule has 1 aliphatic heterocycles. The molecule has 16 heavy (non-hydrogen) atoms. The van der Waals surface area contributed by atoms with Crippen LogP contribution in [0.2, 0.25) is 0 Å². The van der Waals surface area contributed by atoms with E-state index in [0.29, 0.717) is 0 Å². The van der Waals surface area contributed by atoms with E-state index in [-0.39, 0.29) is 30.5 Å². The summed E-state index contributed by atoms with van der Waals surface area (Å²) in [6.07, 6.45) is -0.0980. The van der Waals surface area contributed by atoms with Crippen LogP contribution in [0.15, 0.2) is 23.5 Å². The molecule has 4 nitrogen and oxygen atoms in total. The van der Waals surface area contributed by atoms with Gasteiger partial charge in [-0.1, -0.05) is 6.58 Å². The standard InChI is InChI=1S/C11H13ClO4/c1-4-15-11(14)7-5-8(6(2)3)16-9(7)10(12)13/h8H,2,4-5H2,1,3H3. The molecule has 0 bridgehead atoms. The lowest BCUT2D eigenvalue weighted by atomic mass is 10.1. The molecule has 0 saturated carbocycles. The van der Waals surface area contributed by atoms with Gasteiger partial charge in [-0.2, -0.15) is 0 Å². The second kappa shape index (κ2) is 5.16. The molecule has 5 heteroatoms. The van der Waals surface area contributed by atoms with Crippen molar-refractivity contribution in [2.24, 2.45) is 0 Å². The molecule has 0 aromatic carbocycles. The Morgan fingerprint density at radius 3 is 2.69 bits per heavy atom. The van der Waals surface area contributed by atoms with E-state index in [4.69, 9.17) is 21.1 Å². The summed E-state index contributed by atoms with van der Waals surface area (Å²) in [4.78, 5) is 22.6. The molecule has 0 radical (unpaired) electrons. The summed E-state index contributed by atoms with van der Waals surface area (Å²) >= 11 is 5.33. The molecule has 1 unspecified atom stereocenters. The maximum Gasteiger partial charge on any atom is 0.338 e. The number of halogens is 1. The van der Waals surface area contributed by atoms with Gasteiger partial charge in [0.05, 0.1) is 12.2 Å². The molecule has 0 amide bonds. The molecule has 1 rings (SSSR count). The monoisotopic (exact) mass is 244 g/mol. The molecule has 1 aliphatic rings. The topological polar surface area (TPSA) is 52.6 Å². The summed E-state index contributed by atoms with van der Waals surface area (Å²) in [6, 6.07) is 0. The van der Waals surface area contributed by atoms with Crippen molar-refractivity contribution in [3.63, 3.8) is 0 Å². The third-order valence-electron chi connectivity index (χ3n) is 2.17. The Hall–Kier alpha value is -1.29. The van der Waals surface area contributed by atoms with E-state index >= 15 is 0 Å². The van der Waals surface area contributed by atoms with Crippen molar-refractivity contribution in [3.05, 3.63) is 23.5 Å². The fourth-order valence-electron chi connectivity index (χ4n) is 1.37. The van der Waals surface area contributed by atoms with Gasteiger partial charge in [0.1, 0.15) is 6.10 Å². The van der Waals surface area contributed by atoms with Crippen LogP contribution in [0.5, 0.6) is 0 Å². The molecular weight excluding hydrogens is 232 g/mol. The molecule has 88 valence electrons. The summed E-state index contributed by atoms with van der Waals surface area (Å²) in [6.45, 7) is 7.40. The summed E-state index contributed by atoms with van der Waals surface area (Å²) in [5.41, 5.74) is 0.921. The maximum absolute atomic E-state index is 11.5. The highest BCUT2D eigenvalue weighted by molar-refractivity contribution is 6.67. The zero-order chi connectivity index (χ0) is 12.3. The second-order valence-electron chi connectivity index (χ2n) is 3.46. The van der Waals surface area contributed by atoms with Gasteiger partial charge < -0.3 is 9.47 Å². The number of carbonyl (C=O) groups is 2. The Balaban J connectivity index is 2.92. The maximum atomic E-state index is 11.5. The molecule has 1 heterocycles. The average Bonchev–Trinajstić information content (AvgIpc) is 2.62. The number of rotatable bonds is 4. The molecule has 0 N–H and O–H groups in total. The quantitative estimate of drug-likeness (QED) is 0.431. The average molecular weight is 245 g/mol. The number of carbonyl (C=O) groups excluding carboxylic acids is 2. The Morgan fingerprint density at radius 1 is 1.62 bits per heavy atom. The van der Waals surface area contributed by atoms with Gasteiger partial charge in [-0.25, -0.2) is 4.79 Å². The molecule has 0 aromatic rings. The molecule has 1 atom stereocenters. The first-order valence-electron chi connectivity index (χ1n) is 4.89. The van der Waals surface area contributed by atoms with Gasteiger partial charge in [0, 0.05) is 6.42 Å². The van der Waals surface area contributed by atoms with Gasteiger partial charge in [-0.05, 0) is 31.0 Å². The first kappa shape index (κ1) is 12.8. The van der Waals surface area contributed by atoms with E-state index < -0.39 is 11.2 Å². The number of ether oxygens (including phenoxy) is 2. The summed E-state index contributed by atoms with van der Waals surface area (Å²) in [5, 5.41) is -0.785. The lowest BCUT2D eigenvalue weighted by Crippen LogP contribution is -2.10. The second-order valence-corrected chi connectivity index (χ2v) is 3.80. The smallest absolute Gasteiger partial charge is 0.338 e. The summed E-state index contributed by atoms with van der Waals surface area (Å²) in [5.74, 6) is -0.677. The lowest BCUT2D eigenvalue weighted by Gasteiger charge is -2.10. The molecule has 0 saturated heterocycles. The third-order valence-corrected chi connectivity index (χ3v) is 2.35. The first-order valence-corrected chi connectivity index (χ1v) is 5.27. The zero-order valence-electron chi connectivity index (χ0n) is 9.21. The van der Waals surface area contributed by atoms with Crippen LogP contribution in [0.25, 0.3) is 0 Å². The number of esters is 1. The lowest BCUT2D eigenvalue weighted by molar-refractivity contribution is -0.138. The summed E-state index contributed by atoms with van der Waals surface area (Å²) < 4.78 is 10.1. The number of hydrogen-bond donors (Lipinski definition) is 0. The van der Waals surface area contributed by atoms with Gasteiger partial charge in [0.2, 0.25) is 0 Å².